The van der Waals surface area contributed by atoms with E-state index in [4.69, 9.17) is 18.9 Å². The van der Waals surface area contributed by atoms with Crippen molar-refractivity contribution in [2.45, 2.75) is 68.1 Å². The van der Waals surface area contributed by atoms with Gasteiger partial charge < -0.3 is 29.0 Å². The van der Waals surface area contributed by atoms with Crippen LogP contribution in [0.15, 0.2) is 76.5 Å². The summed E-state index contributed by atoms with van der Waals surface area (Å²) >= 11 is 0. The number of fused-ring (bicyclic) bond motifs is 1. The summed E-state index contributed by atoms with van der Waals surface area (Å²) in [6.45, 7) is 5.58. The maximum absolute atomic E-state index is 14.4. The van der Waals surface area contributed by atoms with Crippen LogP contribution in [-0.2, 0) is 24.8 Å². The molecule has 2 N–H and O–H groups in total. The number of likely N-dealkylation sites (N-methyl/N-ethyl adjacent to an activating group) is 1. The molecule has 51 heavy (non-hydrogen) atoms. The number of sulfonamides is 2. The van der Waals surface area contributed by atoms with Gasteiger partial charge in [0, 0.05) is 38.3 Å². The zero-order chi connectivity index (χ0) is 37.3. The number of aliphatic hydroxyl groups excluding tert-OH is 1. The Morgan fingerprint density at radius 1 is 0.941 bits per heavy atom. The summed E-state index contributed by atoms with van der Waals surface area (Å²) in [6, 6.07) is 15.9. The fraction of sp³-hybridized carbons (Fsp3) is 0.472. The number of nitrogens with zero attached hydrogens (tertiary/aromatic N) is 2. The summed E-state index contributed by atoms with van der Waals surface area (Å²) in [6.07, 6.45) is 1.19. The van der Waals surface area contributed by atoms with Gasteiger partial charge in [-0.2, -0.15) is 4.31 Å². The Morgan fingerprint density at radius 3 is 2.14 bits per heavy atom. The van der Waals surface area contributed by atoms with E-state index in [1.54, 1.807) is 25.1 Å². The molecule has 1 aliphatic rings. The quantitative estimate of drug-likeness (QED) is 0.283. The van der Waals surface area contributed by atoms with E-state index in [1.165, 1.54) is 79.0 Å². The number of nitrogens with one attached hydrogen (secondary N) is 1. The number of benzene rings is 3. The lowest BCUT2D eigenvalue weighted by Crippen LogP contribution is -2.48. The number of ether oxygens (including phenoxy) is 4. The fourth-order valence-electron chi connectivity index (χ4n) is 5.70. The van der Waals surface area contributed by atoms with Crippen molar-refractivity contribution in [1.82, 2.24) is 9.21 Å². The van der Waals surface area contributed by atoms with Crippen LogP contribution in [0, 0.1) is 5.92 Å². The second kappa shape index (κ2) is 17.6. The minimum atomic E-state index is -4.03. The summed E-state index contributed by atoms with van der Waals surface area (Å²) in [5, 5.41) is 10.3. The number of anilines is 1. The van der Waals surface area contributed by atoms with Crippen LogP contribution in [0.1, 0.15) is 50.4 Å². The van der Waals surface area contributed by atoms with Crippen molar-refractivity contribution < 1.29 is 45.7 Å². The Kier molecular flexibility index (Phi) is 13.7. The number of methoxy groups -OCH3 is 2. The number of amides is 1. The van der Waals surface area contributed by atoms with Crippen LogP contribution in [0.5, 0.6) is 17.2 Å². The molecule has 4 rings (SSSR count). The highest BCUT2D eigenvalue weighted by Gasteiger charge is 2.32. The SMILES string of the molecule is COc1ccc(S(=O)(=O)Nc2ccc3c(c2)C(=O)N([C@@H](C)CO)C[C@H](C)[C@H](CN(C)S(=O)(=O)c2ccc(OC)cc2)OCCCC[C@@H](C)O3)cc1. The van der Waals surface area contributed by atoms with Gasteiger partial charge in [0.15, 0.2) is 0 Å². The van der Waals surface area contributed by atoms with Crippen LogP contribution in [0.2, 0.25) is 0 Å². The average molecular weight is 748 g/mol. The normalized spacial score (nSPS) is 20.1. The molecule has 0 bridgehead atoms. The highest BCUT2D eigenvalue weighted by molar-refractivity contribution is 7.92. The van der Waals surface area contributed by atoms with Gasteiger partial charge in [-0.1, -0.05) is 6.92 Å². The van der Waals surface area contributed by atoms with Gasteiger partial charge in [0.05, 0.1) is 54.4 Å². The summed E-state index contributed by atoms with van der Waals surface area (Å²) < 4.78 is 80.3. The van der Waals surface area contributed by atoms with Crippen molar-refractivity contribution in [3.63, 3.8) is 0 Å². The van der Waals surface area contributed by atoms with Gasteiger partial charge in [0.2, 0.25) is 10.0 Å². The summed E-state index contributed by atoms with van der Waals surface area (Å²) in [5.74, 6) is 0.427. The molecule has 0 spiro atoms. The second-order valence-corrected chi connectivity index (χ2v) is 16.5. The van der Waals surface area contributed by atoms with Gasteiger partial charge in [0.25, 0.3) is 15.9 Å². The molecule has 0 aliphatic carbocycles. The van der Waals surface area contributed by atoms with E-state index >= 15 is 0 Å². The minimum absolute atomic E-state index is 0.00829. The van der Waals surface area contributed by atoms with Crippen LogP contribution >= 0.6 is 0 Å². The highest BCUT2D eigenvalue weighted by atomic mass is 32.2. The molecule has 4 atom stereocenters. The minimum Gasteiger partial charge on any atom is -0.497 e. The van der Waals surface area contributed by atoms with E-state index < -0.39 is 38.1 Å². The molecule has 0 saturated carbocycles. The zero-order valence-electron chi connectivity index (χ0n) is 29.9. The Bertz CT molecular complexity index is 1820. The Balaban J connectivity index is 1.66. The molecule has 0 aromatic heterocycles. The number of carbonyl (C=O) groups excluding carboxylic acids is 1. The Morgan fingerprint density at radius 2 is 1.55 bits per heavy atom. The molecule has 15 heteroatoms. The van der Waals surface area contributed by atoms with Crippen molar-refractivity contribution in [3.05, 3.63) is 72.3 Å². The molecule has 0 radical (unpaired) electrons. The monoisotopic (exact) mass is 747 g/mol. The van der Waals surface area contributed by atoms with Gasteiger partial charge >= 0.3 is 0 Å². The standard InChI is InChI=1S/C36H49N3O10S2/c1-25-22-39(26(2)24-40)36(41)33-21-28(37-50(42,43)31-15-11-29(46-5)12-16-31)10-19-34(33)49-27(3)9-7-8-20-48-35(25)23-38(4)51(44,45)32-17-13-30(47-6)14-18-32/h10-19,21,25-27,35,37,40H,7-9,20,22-24H2,1-6H3/t25-,26-,27+,35-/m0/s1. The first-order valence-electron chi connectivity index (χ1n) is 16.8. The third-order valence-corrected chi connectivity index (χ3v) is 12.1. The molecule has 0 fully saturated rings. The highest BCUT2D eigenvalue weighted by Crippen LogP contribution is 2.30. The molecule has 13 nitrogen and oxygen atoms in total. The van der Waals surface area contributed by atoms with Crippen molar-refractivity contribution in [2.24, 2.45) is 5.92 Å². The predicted molar refractivity (Wildman–Crippen MR) is 193 cm³/mol. The maximum atomic E-state index is 14.4. The van der Waals surface area contributed by atoms with Gasteiger partial charge in [-0.25, -0.2) is 16.8 Å². The van der Waals surface area contributed by atoms with Crippen LogP contribution in [0.4, 0.5) is 5.69 Å². The number of rotatable bonds is 11. The molecule has 0 saturated heterocycles. The molecule has 1 amide bonds. The Labute approximate surface area is 301 Å². The molecule has 1 aliphatic heterocycles. The maximum Gasteiger partial charge on any atom is 0.261 e. The molecular formula is C36H49N3O10S2. The van der Waals surface area contributed by atoms with Gasteiger partial charge in [0.1, 0.15) is 17.2 Å². The van der Waals surface area contributed by atoms with E-state index in [-0.39, 0.29) is 58.5 Å². The number of hydrogen-bond acceptors (Lipinski definition) is 10. The van der Waals surface area contributed by atoms with E-state index in [2.05, 4.69) is 4.72 Å². The smallest absolute Gasteiger partial charge is 0.261 e. The van der Waals surface area contributed by atoms with Crippen molar-refractivity contribution in [1.29, 1.82) is 0 Å². The van der Waals surface area contributed by atoms with Crippen LogP contribution in [-0.4, -0.2) is 103 Å². The van der Waals surface area contributed by atoms with E-state index in [1.807, 2.05) is 13.8 Å². The molecule has 280 valence electrons. The number of aliphatic hydroxyl groups is 1. The van der Waals surface area contributed by atoms with Gasteiger partial charge in [-0.3, -0.25) is 9.52 Å². The van der Waals surface area contributed by atoms with Gasteiger partial charge in [-0.15, -0.1) is 0 Å². The van der Waals surface area contributed by atoms with Crippen LogP contribution in [0.3, 0.4) is 0 Å². The van der Waals surface area contributed by atoms with E-state index in [9.17, 15) is 26.7 Å². The first-order chi connectivity index (χ1) is 24.2. The van der Waals surface area contributed by atoms with Crippen LogP contribution in [0.25, 0.3) is 0 Å². The summed E-state index contributed by atoms with van der Waals surface area (Å²) in [5.41, 5.74) is 0.254. The lowest BCUT2D eigenvalue weighted by atomic mass is 10.0. The van der Waals surface area contributed by atoms with Crippen molar-refractivity contribution in [2.75, 3.05) is 52.3 Å². The molecular weight excluding hydrogens is 699 g/mol. The predicted octanol–water partition coefficient (Wildman–Crippen LogP) is 4.62. The van der Waals surface area contributed by atoms with E-state index in [0.29, 0.717) is 30.9 Å². The molecule has 3 aromatic carbocycles. The number of hydrogen-bond donors (Lipinski definition) is 2. The fourth-order valence-corrected chi connectivity index (χ4v) is 7.93. The first-order valence-corrected chi connectivity index (χ1v) is 19.7. The lowest BCUT2D eigenvalue weighted by Gasteiger charge is -2.35. The Hall–Kier alpha value is -3.89. The number of carbonyl (C=O) groups is 1. The van der Waals surface area contributed by atoms with E-state index in [0.717, 1.165) is 6.42 Å². The van der Waals surface area contributed by atoms with Crippen molar-refractivity contribution >= 4 is 31.6 Å². The first kappa shape index (κ1) is 39.9. The van der Waals surface area contributed by atoms with Crippen LogP contribution < -0.4 is 18.9 Å². The molecule has 3 aromatic rings. The molecule has 0 unspecified atom stereocenters. The second-order valence-electron chi connectivity index (χ2n) is 12.8. The average Bonchev–Trinajstić information content (AvgIpc) is 3.12. The largest absolute Gasteiger partial charge is 0.497 e. The summed E-state index contributed by atoms with van der Waals surface area (Å²) in [4.78, 5) is 16.0. The third-order valence-electron chi connectivity index (χ3n) is 8.88. The summed E-state index contributed by atoms with van der Waals surface area (Å²) in [7, 11) is -3.43. The lowest BCUT2D eigenvalue weighted by molar-refractivity contribution is -0.00833. The zero-order valence-corrected chi connectivity index (χ0v) is 31.6. The topological polar surface area (TPSA) is 161 Å². The van der Waals surface area contributed by atoms with Crippen molar-refractivity contribution in [3.8, 4) is 17.2 Å². The third kappa shape index (κ3) is 10.1. The van der Waals surface area contributed by atoms with Gasteiger partial charge in [-0.05, 0) is 99.8 Å². The molecule has 1 heterocycles.